The van der Waals surface area contributed by atoms with Crippen molar-refractivity contribution in [3.8, 4) is 0 Å². The fourth-order valence-corrected chi connectivity index (χ4v) is 9.08. The van der Waals surface area contributed by atoms with E-state index >= 15 is 0 Å². The van der Waals surface area contributed by atoms with Gasteiger partial charge in [0.1, 0.15) is 0 Å². The molecule has 6 nitrogen and oxygen atoms in total. The van der Waals surface area contributed by atoms with Gasteiger partial charge >= 0.3 is 5.97 Å². The first-order valence-electron chi connectivity index (χ1n) is 29.8. The highest BCUT2D eigenvalue weighted by Crippen LogP contribution is 2.17. The molecule has 0 aromatic rings. The second-order valence-corrected chi connectivity index (χ2v) is 20.3. The molecule has 394 valence electrons. The molecule has 2 unspecified atom stereocenters. The van der Waals surface area contributed by atoms with Gasteiger partial charge in [-0.2, -0.15) is 0 Å². The smallest absolute Gasteiger partial charge is 0.305 e. The summed E-state index contributed by atoms with van der Waals surface area (Å²) in [6.45, 7) is 4.88. The van der Waals surface area contributed by atoms with Gasteiger partial charge in [0, 0.05) is 12.8 Å². The number of hydrogen-bond donors (Lipinski definition) is 3. The minimum Gasteiger partial charge on any atom is -0.466 e. The van der Waals surface area contributed by atoms with Crippen molar-refractivity contribution < 1.29 is 24.5 Å². The second kappa shape index (κ2) is 56.7. The van der Waals surface area contributed by atoms with Crippen molar-refractivity contribution >= 4 is 11.9 Å². The van der Waals surface area contributed by atoms with E-state index in [2.05, 4.69) is 43.5 Å². The summed E-state index contributed by atoms with van der Waals surface area (Å²) < 4.78 is 5.47. The quantitative estimate of drug-likeness (QED) is 0.0321. The van der Waals surface area contributed by atoms with E-state index in [0.29, 0.717) is 19.4 Å². The Bertz CT molecular complexity index is 1090. The average Bonchev–Trinajstić information content (AvgIpc) is 3.33. The molecule has 3 N–H and O–H groups in total. The van der Waals surface area contributed by atoms with Crippen LogP contribution in [0.5, 0.6) is 0 Å². The van der Waals surface area contributed by atoms with Crippen molar-refractivity contribution in [3.05, 3.63) is 36.5 Å². The minimum atomic E-state index is -0.846. The predicted octanol–water partition coefficient (Wildman–Crippen LogP) is 18.4. The van der Waals surface area contributed by atoms with Gasteiger partial charge in [-0.1, -0.05) is 275 Å². The van der Waals surface area contributed by atoms with Crippen LogP contribution in [-0.2, 0) is 14.3 Å². The van der Waals surface area contributed by atoms with Gasteiger partial charge in [-0.3, -0.25) is 9.59 Å². The Morgan fingerprint density at radius 2 is 0.746 bits per heavy atom. The number of unbranched alkanes of at least 4 members (excludes halogenated alkanes) is 40. The molecule has 0 aliphatic heterocycles. The van der Waals surface area contributed by atoms with Crippen LogP contribution in [0.25, 0.3) is 0 Å². The molecule has 67 heavy (non-hydrogen) atoms. The van der Waals surface area contributed by atoms with Crippen molar-refractivity contribution in [1.29, 1.82) is 0 Å². The summed E-state index contributed by atoms with van der Waals surface area (Å²) in [5, 5.41) is 23.1. The monoisotopic (exact) mass is 942 g/mol. The van der Waals surface area contributed by atoms with Gasteiger partial charge in [0.15, 0.2) is 0 Å². The van der Waals surface area contributed by atoms with Crippen LogP contribution in [0.2, 0.25) is 0 Å². The third-order valence-electron chi connectivity index (χ3n) is 13.7. The zero-order valence-electron chi connectivity index (χ0n) is 44.9. The van der Waals surface area contributed by atoms with Crippen LogP contribution in [0.15, 0.2) is 36.5 Å². The van der Waals surface area contributed by atoms with Crippen molar-refractivity contribution in [3.63, 3.8) is 0 Å². The minimum absolute atomic E-state index is 0.00419. The number of aliphatic hydroxyl groups excluding tert-OH is 2. The number of carbonyl (C=O) groups excluding carboxylic acids is 2. The first-order chi connectivity index (χ1) is 33.0. The molecule has 0 saturated heterocycles. The van der Waals surface area contributed by atoms with E-state index < -0.39 is 12.1 Å². The van der Waals surface area contributed by atoms with E-state index in [1.807, 2.05) is 6.08 Å². The van der Waals surface area contributed by atoms with Gasteiger partial charge in [0.05, 0.1) is 25.4 Å². The van der Waals surface area contributed by atoms with E-state index in [0.717, 1.165) is 51.4 Å². The molecule has 0 heterocycles. The highest BCUT2D eigenvalue weighted by molar-refractivity contribution is 5.76. The number of hydrogen-bond acceptors (Lipinski definition) is 5. The number of allylic oxidation sites excluding steroid dienone is 5. The fourth-order valence-electron chi connectivity index (χ4n) is 9.08. The lowest BCUT2D eigenvalue weighted by Crippen LogP contribution is -2.45. The molecular weight excluding hydrogens is 827 g/mol. The van der Waals surface area contributed by atoms with Crippen LogP contribution in [0.3, 0.4) is 0 Å². The highest BCUT2D eigenvalue weighted by atomic mass is 16.5. The van der Waals surface area contributed by atoms with E-state index in [-0.39, 0.29) is 18.5 Å². The second-order valence-electron chi connectivity index (χ2n) is 20.3. The van der Waals surface area contributed by atoms with Gasteiger partial charge in [-0.05, 0) is 64.2 Å². The zero-order valence-corrected chi connectivity index (χ0v) is 44.9. The maximum atomic E-state index is 12.5. The summed E-state index contributed by atoms with van der Waals surface area (Å²) in [7, 11) is 0. The number of amides is 1. The van der Waals surface area contributed by atoms with Crippen molar-refractivity contribution in [1.82, 2.24) is 5.32 Å². The van der Waals surface area contributed by atoms with Gasteiger partial charge < -0.3 is 20.3 Å². The van der Waals surface area contributed by atoms with Crippen molar-refractivity contribution in [2.75, 3.05) is 13.2 Å². The van der Waals surface area contributed by atoms with Crippen LogP contribution in [0, 0.1) is 0 Å². The standard InChI is InChI=1S/C61H115NO5/c1-3-5-7-9-11-13-15-17-25-29-33-37-41-45-49-53-59(64)58(57-63)62-60(65)54-50-46-42-38-34-30-27-23-21-19-20-22-24-28-32-36-40-44-48-52-56-67-61(66)55-51-47-43-39-35-31-26-18-16-14-12-10-8-6-4-2/h12,14,18,26,49,53,58-59,63-64H,3-11,13,15-17,19-25,27-48,50-52,54-57H2,1-2H3,(H,62,65)/b14-12-,26-18-,53-49+. The predicted molar refractivity (Wildman–Crippen MR) is 292 cm³/mol. The van der Waals surface area contributed by atoms with Crippen LogP contribution in [-0.4, -0.2) is 47.4 Å². The Morgan fingerprint density at radius 3 is 1.16 bits per heavy atom. The number of rotatable bonds is 55. The molecule has 0 radical (unpaired) electrons. The van der Waals surface area contributed by atoms with Crippen LogP contribution < -0.4 is 5.32 Å². The molecule has 0 fully saturated rings. The van der Waals surface area contributed by atoms with Gasteiger partial charge in [0.25, 0.3) is 0 Å². The first-order valence-corrected chi connectivity index (χ1v) is 29.8. The van der Waals surface area contributed by atoms with Crippen LogP contribution in [0.1, 0.15) is 316 Å². The SMILES string of the molecule is CCCCC/C=C\C/C=C\CCCCCCCC(=O)OCCCCCCCCCCCCCCCCCCCCCCC(=O)NC(CO)C(O)/C=C/CCCCCCCCCCCCCCC. The number of carbonyl (C=O) groups is 2. The summed E-state index contributed by atoms with van der Waals surface area (Å²) in [5.41, 5.74) is 0. The Hall–Kier alpha value is -1.92. The lowest BCUT2D eigenvalue weighted by atomic mass is 10.0. The molecule has 6 heteroatoms. The Balaban J connectivity index is 3.42. The normalized spacial score (nSPS) is 12.8. The molecule has 0 rings (SSSR count). The summed E-state index contributed by atoms with van der Waals surface area (Å²) in [5.74, 6) is -0.0734. The lowest BCUT2D eigenvalue weighted by molar-refractivity contribution is -0.143. The van der Waals surface area contributed by atoms with E-state index in [1.165, 1.54) is 238 Å². The molecule has 0 aromatic heterocycles. The van der Waals surface area contributed by atoms with Crippen LogP contribution in [0.4, 0.5) is 0 Å². The summed E-state index contributed by atoms with van der Waals surface area (Å²) in [6, 6.07) is -0.629. The molecule has 2 atom stereocenters. The molecule has 0 aliphatic rings. The molecular formula is C61H115NO5. The van der Waals surface area contributed by atoms with E-state index in [4.69, 9.17) is 4.74 Å². The van der Waals surface area contributed by atoms with Gasteiger partial charge in [0.2, 0.25) is 5.91 Å². The number of ether oxygens (including phenoxy) is 1. The molecule has 0 saturated carbocycles. The van der Waals surface area contributed by atoms with E-state index in [9.17, 15) is 19.8 Å². The third kappa shape index (κ3) is 53.3. The zero-order chi connectivity index (χ0) is 48.6. The topological polar surface area (TPSA) is 95.9 Å². The Labute approximate surface area is 417 Å². The number of aliphatic hydroxyl groups is 2. The number of esters is 1. The summed E-state index contributed by atoms with van der Waals surface area (Å²) in [4.78, 5) is 24.5. The van der Waals surface area contributed by atoms with Crippen molar-refractivity contribution in [2.45, 2.75) is 328 Å². The summed E-state index contributed by atoms with van der Waals surface area (Å²) in [6.07, 6.45) is 70.2. The Kier molecular flexibility index (Phi) is 55.0. The molecule has 0 bridgehead atoms. The fraction of sp³-hybridized carbons (Fsp3) is 0.869. The molecule has 0 aliphatic carbocycles. The number of nitrogens with one attached hydrogen (secondary N) is 1. The molecule has 1 amide bonds. The van der Waals surface area contributed by atoms with Crippen molar-refractivity contribution in [2.24, 2.45) is 0 Å². The van der Waals surface area contributed by atoms with Gasteiger partial charge in [-0.15, -0.1) is 0 Å². The summed E-state index contributed by atoms with van der Waals surface area (Å²) >= 11 is 0. The highest BCUT2D eigenvalue weighted by Gasteiger charge is 2.18. The van der Waals surface area contributed by atoms with Gasteiger partial charge in [-0.25, -0.2) is 0 Å². The van der Waals surface area contributed by atoms with E-state index in [1.54, 1.807) is 6.08 Å². The Morgan fingerprint density at radius 1 is 0.418 bits per heavy atom. The van der Waals surface area contributed by atoms with Crippen LogP contribution >= 0.6 is 0 Å². The first kappa shape index (κ1) is 65.1. The lowest BCUT2D eigenvalue weighted by Gasteiger charge is -2.20. The maximum Gasteiger partial charge on any atom is 0.305 e. The average molecular weight is 943 g/mol. The largest absolute Gasteiger partial charge is 0.466 e. The molecule has 0 aromatic carbocycles. The third-order valence-corrected chi connectivity index (χ3v) is 13.7. The maximum absolute atomic E-state index is 12.5. The molecule has 0 spiro atoms.